The van der Waals surface area contributed by atoms with Crippen molar-refractivity contribution in [2.75, 3.05) is 32.8 Å². The predicted octanol–water partition coefficient (Wildman–Crippen LogP) is 0.0540. The lowest BCUT2D eigenvalue weighted by atomic mass is 10.2. The highest BCUT2D eigenvalue weighted by Gasteiger charge is 2.36. The lowest BCUT2D eigenvalue weighted by Gasteiger charge is -2.27. The van der Waals surface area contributed by atoms with Gasteiger partial charge in [-0.1, -0.05) is 0 Å². The Bertz CT molecular complexity index is 650. The van der Waals surface area contributed by atoms with Crippen LogP contribution in [-0.2, 0) is 25.7 Å². The molecule has 8 nitrogen and oxygen atoms in total. The van der Waals surface area contributed by atoms with Gasteiger partial charge in [0.05, 0.1) is 26.3 Å². The summed E-state index contributed by atoms with van der Waals surface area (Å²) >= 11 is 0. The van der Waals surface area contributed by atoms with Gasteiger partial charge in [0.1, 0.15) is 17.6 Å². The first kappa shape index (κ1) is 17.5. The molecule has 0 aromatic carbocycles. The van der Waals surface area contributed by atoms with Crippen LogP contribution in [0.25, 0.3) is 0 Å². The molecular formula is C17H23N3O5. The van der Waals surface area contributed by atoms with Gasteiger partial charge in [-0.25, -0.2) is 0 Å². The molecule has 0 radical (unpaired) electrons. The van der Waals surface area contributed by atoms with Crippen LogP contribution in [0.2, 0.25) is 0 Å². The summed E-state index contributed by atoms with van der Waals surface area (Å²) in [7, 11) is 0. The van der Waals surface area contributed by atoms with Gasteiger partial charge < -0.3 is 24.3 Å². The number of hydrogen-bond acceptors (Lipinski definition) is 5. The van der Waals surface area contributed by atoms with Crippen molar-refractivity contribution in [3.05, 3.63) is 23.7 Å². The second-order valence-corrected chi connectivity index (χ2v) is 6.30. The molecule has 3 rings (SSSR count). The van der Waals surface area contributed by atoms with Crippen LogP contribution in [-0.4, -0.2) is 66.4 Å². The summed E-state index contributed by atoms with van der Waals surface area (Å²) in [6.07, 6.45) is 0.783. The van der Waals surface area contributed by atoms with E-state index >= 15 is 0 Å². The van der Waals surface area contributed by atoms with Crippen molar-refractivity contribution in [2.45, 2.75) is 32.4 Å². The third kappa shape index (κ3) is 4.19. The largest absolute Gasteiger partial charge is 0.464 e. The molecule has 1 aromatic heterocycles. The average molecular weight is 349 g/mol. The third-order valence-corrected chi connectivity index (χ3v) is 4.53. The molecule has 1 aromatic rings. The molecular weight excluding hydrogens is 326 g/mol. The highest BCUT2D eigenvalue weighted by molar-refractivity contribution is 5.92. The second-order valence-electron chi connectivity index (χ2n) is 6.30. The van der Waals surface area contributed by atoms with E-state index in [4.69, 9.17) is 9.15 Å². The zero-order valence-electron chi connectivity index (χ0n) is 14.3. The molecule has 1 atom stereocenters. The first-order valence-electron chi connectivity index (χ1n) is 8.52. The standard InChI is InChI=1S/C17H23N3O5/c1-12-2-3-13(25-12)11-20-14(4-5-15(20)21)17(23)18-10-16(22)19-6-8-24-9-7-19/h2-3,14H,4-11H2,1H3,(H,18,23)/t14-/m1/s1. The zero-order valence-corrected chi connectivity index (χ0v) is 14.3. The van der Waals surface area contributed by atoms with Crippen molar-refractivity contribution < 1.29 is 23.5 Å². The molecule has 0 spiro atoms. The van der Waals surface area contributed by atoms with Crippen molar-refractivity contribution in [3.63, 3.8) is 0 Å². The summed E-state index contributed by atoms with van der Waals surface area (Å²) in [6.45, 7) is 4.16. The fraction of sp³-hybridized carbons (Fsp3) is 0.588. The number of morpholine rings is 1. The lowest BCUT2D eigenvalue weighted by molar-refractivity contribution is -0.138. The molecule has 2 saturated heterocycles. The number of likely N-dealkylation sites (tertiary alicyclic amines) is 1. The van der Waals surface area contributed by atoms with Gasteiger partial charge in [0, 0.05) is 19.5 Å². The molecule has 136 valence electrons. The Hall–Kier alpha value is -2.35. The molecule has 3 heterocycles. The van der Waals surface area contributed by atoms with Crippen LogP contribution in [0, 0.1) is 6.92 Å². The zero-order chi connectivity index (χ0) is 17.8. The number of rotatable bonds is 5. The second kappa shape index (κ2) is 7.69. The quantitative estimate of drug-likeness (QED) is 0.811. The maximum atomic E-state index is 12.5. The number of nitrogens with one attached hydrogen (secondary N) is 1. The first-order chi connectivity index (χ1) is 12.0. The van der Waals surface area contributed by atoms with Crippen LogP contribution in [0.3, 0.4) is 0 Å². The van der Waals surface area contributed by atoms with Crippen LogP contribution in [0.5, 0.6) is 0 Å². The predicted molar refractivity (Wildman–Crippen MR) is 87.4 cm³/mol. The van der Waals surface area contributed by atoms with Crippen LogP contribution in [0.1, 0.15) is 24.4 Å². The number of carbonyl (C=O) groups excluding carboxylic acids is 3. The maximum Gasteiger partial charge on any atom is 0.243 e. The molecule has 0 aliphatic carbocycles. The minimum atomic E-state index is -0.560. The van der Waals surface area contributed by atoms with Gasteiger partial charge in [0.2, 0.25) is 17.7 Å². The van der Waals surface area contributed by atoms with Gasteiger partial charge in [-0.05, 0) is 25.5 Å². The molecule has 0 saturated carbocycles. The van der Waals surface area contributed by atoms with Gasteiger partial charge in [-0.3, -0.25) is 14.4 Å². The molecule has 25 heavy (non-hydrogen) atoms. The van der Waals surface area contributed by atoms with E-state index < -0.39 is 6.04 Å². The summed E-state index contributed by atoms with van der Waals surface area (Å²) in [5.74, 6) is 0.910. The van der Waals surface area contributed by atoms with E-state index in [0.717, 1.165) is 5.76 Å². The number of nitrogens with zero attached hydrogens (tertiary/aromatic N) is 2. The maximum absolute atomic E-state index is 12.5. The van der Waals surface area contributed by atoms with Crippen LogP contribution < -0.4 is 5.32 Å². The number of carbonyl (C=O) groups is 3. The molecule has 8 heteroatoms. The molecule has 0 bridgehead atoms. The van der Waals surface area contributed by atoms with Crippen molar-refractivity contribution in [1.29, 1.82) is 0 Å². The SMILES string of the molecule is Cc1ccc(CN2C(=O)CC[C@@H]2C(=O)NCC(=O)N2CCOCC2)o1. The van der Waals surface area contributed by atoms with Gasteiger partial charge in [-0.2, -0.15) is 0 Å². The van der Waals surface area contributed by atoms with E-state index in [1.807, 2.05) is 13.0 Å². The molecule has 0 unspecified atom stereocenters. The van der Waals surface area contributed by atoms with E-state index in [-0.39, 0.29) is 30.8 Å². The van der Waals surface area contributed by atoms with Crippen molar-refractivity contribution in [3.8, 4) is 0 Å². The first-order valence-corrected chi connectivity index (χ1v) is 8.52. The normalized spacial score (nSPS) is 20.8. The smallest absolute Gasteiger partial charge is 0.243 e. The van der Waals surface area contributed by atoms with E-state index in [1.165, 1.54) is 4.90 Å². The summed E-state index contributed by atoms with van der Waals surface area (Å²) in [4.78, 5) is 39.9. The number of amides is 3. The number of furan rings is 1. The van der Waals surface area contributed by atoms with Gasteiger partial charge in [0.25, 0.3) is 0 Å². The van der Waals surface area contributed by atoms with Gasteiger partial charge >= 0.3 is 0 Å². The molecule has 2 aliphatic heterocycles. The average Bonchev–Trinajstić information content (AvgIpc) is 3.20. The highest BCUT2D eigenvalue weighted by atomic mass is 16.5. The summed E-state index contributed by atoms with van der Waals surface area (Å²) in [5, 5.41) is 2.67. The van der Waals surface area contributed by atoms with E-state index in [1.54, 1.807) is 11.0 Å². The topological polar surface area (TPSA) is 92.1 Å². The van der Waals surface area contributed by atoms with E-state index in [9.17, 15) is 14.4 Å². The minimum absolute atomic E-state index is 0.0583. The van der Waals surface area contributed by atoms with E-state index in [2.05, 4.69) is 5.32 Å². The molecule has 2 fully saturated rings. The Balaban J connectivity index is 1.54. The van der Waals surface area contributed by atoms with Crippen LogP contribution in [0.15, 0.2) is 16.5 Å². The van der Waals surface area contributed by atoms with Crippen molar-refractivity contribution in [1.82, 2.24) is 15.1 Å². The Morgan fingerprint density at radius 3 is 2.72 bits per heavy atom. The van der Waals surface area contributed by atoms with Crippen LogP contribution in [0.4, 0.5) is 0 Å². The summed E-state index contributed by atoms with van der Waals surface area (Å²) < 4.78 is 10.7. The summed E-state index contributed by atoms with van der Waals surface area (Å²) in [5.41, 5.74) is 0. The van der Waals surface area contributed by atoms with Gasteiger partial charge in [0.15, 0.2) is 0 Å². The molecule has 1 N–H and O–H groups in total. The summed E-state index contributed by atoms with van der Waals surface area (Å²) in [6, 6.07) is 3.07. The molecule has 2 aliphatic rings. The molecule has 3 amide bonds. The van der Waals surface area contributed by atoms with Crippen molar-refractivity contribution >= 4 is 17.7 Å². The fourth-order valence-corrected chi connectivity index (χ4v) is 3.15. The van der Waals surface area contributed by atoms with Gasteiger partial charge in [-0.15, -0.1) is 0 Å². The lowest BCUT2D eigenvalue weighted by Crippen LogP contribution is -2.49. The number of hydrogen-bond donors (Lipinski definition) is 1. The monoisotopic (exact) mass is 349 g/mol. The Morgan fingerprint density at radius 2 is 2.04 bits per heavy atom. The number of ether oxygens (including phenoxy) is 1. The Labute approximate surface area is 146 Å². The van der Waals surface area contributed by atoms with Crippen LogP contribution >= 0.6 is 0 Å². The highest BCUT2D eigenvalue weighted by Crippen LogP contribution is 2.22. The minimum Gasteiger partial charge on any atom is -0.464 e. The Kier molecular flexibility index (Phi) is 5.37. The fourth-order valence-electron chi connectivity index (χ4n) is 3.15. The number of aryl methyl sites for hydroxylation is 1. The van der Waals surface area contributed by atoms with Crippen molar-refractivity contribution in [2.24, 2.45) is 0 Å². The Morgan fingerprint density at radius 1 is 1.28 bits per heavy atom. The van der Waals surface area contributed by atoms with E-state index in [0.29, 0.717) is 44.9 Å². The third-order valence-electron chi connectivity index (χ3n) is 4.53.